The van der Waals surface area contributed by atoms with Crippen molar-refractivity contribution in [2.45, 2.75) is 0 Å². The Labute approximate surface area is 121 Å². The molecule has 0 atom stereocenters. The molecule has 0 saturated carbocycles. The fourth-order valence-electron chi connectivity index (χ4n) is 1.32. The molecule has 0 saturated heterocycles. The summed E-state index contributed by atoms with van der Waals surface area (Å²) in [6.07, 6.45) is 3.93. The van der Waals surface area contributed by atoms with Crippen molar-refractivity contribution in [3.05, 3.63) is 47.9 Å². The largest absolute Gasteiger partial charge is 0.369 e. The quantitative estimate of drug-likeness (QED) is 0.480. The Morgan fingerprint density at radius 1 is 1.24 bits per heavy atom. The van der Waals surface area contributed by atoms with Crippen molar-refractivity contribution in [3.63, 3.8) is 0 Å². The first kappa shape index (κ1) is 14.6. The van der Waals surface area contributed by atoms with Gasteiger partial charge in [-0.25, -0.2) is 9.38 Å². The van der Waals surface area contributed by atoms with E-state index in [-0.39, 0.29) is 11.8 Å². The summed E-state index contributed by atoms with van der Waals surface area (Å²) in [7, 11) is 3.54. The Morgan fingerprint density at radius 2 is 2.00 bits per heavy atom. The van der Waals surface area contributed by atoms with E-state index in [9.17, 15) is 4.39 Å². The van der Waals surface area contributed by atoms with Gasteiger partial charge in [-0.2, -0.15) is 9.97 Å². The molecule has 1 heterocycles. The summed E-state index contributed by atoms with van der Waals surface area (Å²) in [6, 6.07) is 9.31. The van der Waals surface area contributed by atoms with Gasteiger partial charge in [-0.05, 0) is 5.56 Å². The predicted molar refractivity (Wildman–Crippen MR) is 78.5 cm³/mol. The maximum atomic E-state index is 13.5. The first-order valence-electron chi connectivity index (χ1n) is 6.14. The number of aliphatic imine (C=N–C) groups is 1. The van der Waals surface area contributed by atoms with E-state index in [0.29, 0.717) is 0 Å². The third-order valence-corrected chi connectivity index (χ3v) is 2.25. The van der Waals surface area contributed by atoms with Gasteiger partial charge in [-0.1, -0.05) is 35.5 Å². The number of aromatic nitrogens is 2. The van der Waals surface area contributed by atoms with Crippen LogP contribution in [0.5, 0.6) is 6.01 Å². The van der Waals surface area contributed by atoms with E-state index >= 15 is 0 Å². The Balaban J connectivity index is 2.07. The van der Waals surface area contributed by atoms with Crippen LogP contribution in [0, 0.1) is 5.82 Å². The minimum atomic E-state index is -0.632. The van der Waals surface area contributed by atoms with E-state index < -0.39 is 5.82 Å². The number of rotatable bonds is 5. The molecule has 2 aromatic rings. The Kier molecular flexibility index (Phi) is 4.92. The Bertz CT molecular complexity index is 643. The summed E-state index contributed by atoms with van der Waals surface area (Å²) in [5.41, 5.74) is 0.866. The second-order valence-corrected chi connectivity index (χ2v) is 4.27. The molecule has 0 aliphatic carbocycles. The highest BCUT2D eigenvalue weighted by atomic mass is 19.1. The van der Waals surface area contributed by atoms with Crippen molar-refractivity contribution in [3.8, 4) is 6.01 Å². The van der Waals surface area contributed by atoms with Crippen molar-refractivity contribution in [1.82, 2.24) is 14.9 Å². The topological polar surface area (TPSA) is 63.0 Å². The summed E-state index contributed by atoms with van der Waals surface area (Å²) in [5, 5.41) is 3.74. The van der Waals surface area contributed by atoms with Crippen LogP contribution < -0.4 is 4.84 Å². The molecule has 2 rings (SSSR count). The average Bonchev–Trinajstić information content (AvgIpc) is 2.48. The Morgan fingerprint density at radius 3 is 2.71 bits per heavy atom. The third kappa shape index (κ3) is 4.64. The van der Waals surface area contributed by atoms with Crippen LogP contribution in [-0.4, -0.2) is 41.5 Å². The third-order valence-electron chi connectivity index (χ3n) is 2.25. The number of oxime groups is 1. The van der Waals surface area contributed by atoms with Gasteiger partial charge in [0, 0.05) is 14.1 Å². The molecule has 7 heteroatoms. The standard InChI is InChI=1S/C14H14FN5O/c1-20(2)10-17-13-12(15)9-16-14(19-13)21-18-8-11-6-4-3-5-7-11/h3-10H,1-2H3/b17-10?,18-8-. The lowest BCUT2D eigenvalue weighted by Gasteiger charge is -2.03. The molecule has 1 aromatic heterocycles. The summed E-state index contributed by atoms with van der Waals surface area (Å²) < 4.78 is 13.5. The molecule has 0 radical (unpaired) electrons. The van der Waals surface area contributed by atoms with Crippen molar-refractivity contribution in [2.75, 3.05) is 14.1 Å². The SMILES string of the molecule is CN(C)C=Nc1nc(O/N=C\c2ccccc2)ncc1F. The molecule has 0 spiro atoms. The fourth-order valence-corrected chi connectivity index (χ4v) is 1.32. The molecule has 0 aliphatic heterocycles. The number of hydrogen-bond acceptors (Lipinski definition) is 5. The first-order valence-corrected chi connectivity index (χ1v) is 6.14. The highest BCUT2D eigenvalue weighted by Crippen LogP contribution is 2.16. The van der Waals surface area contributed by atoms with Crippen LogP contribution in [-0.2, 0) is 0 Å². The van der Waals surface area contributed by atoms with Gasteiger partial charge in [0.15, 0.2) is 11.6 Å². The monoisotopic (exact) mass is 287 g/mol. The summed E-state index contributed by atoms with van der Waals surface area (Å²) in [6.45, 7) is 0. The molecule has 0 fully saturated rings. The molecule has 21 heavy (non-hydrogen) atoms. The molecule has 1 aromatic carbocycles. The average molecular weight is 287 g/mol. The molecule has 108 valence electrons. The van der Waals surface area contributed by atoms with Gasteiger partial charge >= 0.3 is 6.01 Å². The number of halogens is 1. The van der Waals surface area contributed by atoms with E-state index in [1.54, 1.807) is 19.0 Å². The van der Waals surface area contributed by atoms with E-state index in [1.165, 1.54) is 12.6 Å². The lowest BCUT2D eigenvalue weighted by Crippen LogP contribution is -2.07. The maximum absolute atomic E-state index is 13.5. The molecule has 0 bridgehead atoms. The molecule has 0 unspecified atom stereocenters. The normalized spacial score (nSPS) is 11.2. The second kappa shape index (κ2) is 7.09. The van der Waals surface area contributed by atoms with Gasteiger partial charge in [-0.15, -0.1) is 0 Å². The minimum absolute atomic E-state index is 0.0745. The first-order chi connectivity index (χ1) is 10.1. The number of nitrogens with zero attached hydrogens (tertiary/aromatic N) is 5. The van der Waals surface area contributed by atoms with Crippen LogP contribution in [0.15, 0.2) is 46.7 Å². The summed E-state index contributed by atoms with van der Waals surface area (Å²) in [5.74, 6) is -0.740. The number of hydrogen-bond donors (Lipinski definition) is 0. The molecule has 0 N–H and O–H groups in total. The number of benzene rings is 1. The summed E-state index contributed by atoms with van der Waals surface area (Å²) in [4.78, 5) is 18.1. The van der Waals surface area contributed by atoms with Gasteiger partial charge < -0.3 is 9.74 Å². The van der Waals surface area contributed by atoms with Crippen LogP contribution in [0.2, 0.25) is 0 Å². The highest BCUT2D eigenvalue weighted by Gasteiger charge is 2.06. The highest BCUT2D eigenvalue weighted by molar-refractivity contribution is 5.78. The van der Waals surface area contributed by atoms with Crippen molar-refractivity contribution in [2.24, 2.45) is 10.1 Å². The van der Waals surface area contributed by atoms with Gasteiger partial charge in [0.1, 0.15) is 0 Å². The van der Waals surface area contributed by atoms with Crippen molar-refractivity contribution in [1.29, 1.82) is 0 Å². The van der Waals surface area contributed by atoms with Crippen LogP contribution >= 0.6 is 0 Å². The lowest BCUT2D eigenvalue weighted by molar-refractivity contribution is 0.313. The zero-order valence-corrected chi connectivity index (χ0v) is 11.6. The Hall–Kier alpha value is -2.83. The van der Waals surface area contributed by atoms with Gasteiger partial charge in [0.05, 0.1) is 18.7 Å². The molecule has 0 aliphatic rings. The van der Waals surface area contributed by atoms with E-state index in [2.05, 4.69) is 20.1 Å². The van der Waals surface area contributed by atoms with Gasteiger partial charge in [0.25, 0.3) is 0 Å². The predicted octanol–water partition coefficient (Wildman–Crippen LogP) is 2.25. The van der Waals surface area contributed by atoms with Crippen LogP contribution in [0.25, 0.3) is 0 Å². The minimum Gasteiger partial charge on any atom is -0.369 e. The zero-order valence-electron chi connectivity index (χ0n) is 11.6. The second-order valence-electron chi connectivity index (χ2n) is 4.27. The van der Waals surface area contributed by atoms with Crippen molar-refractivity contribution >= 4 is 18.4 Å². The molecule has 6 nitrogen and oxygen atoms in total. The van der Waals surface area contributed by atoms with E-state index in [4.69, 9.17) is 4.84 Å². The maximum Gasteiger partial charge on any atom is 0.347 e. The van der Waals surface area contributed by atoms with Gasteiger partial charge in [0.2, 0.25) is 0 Å². The summed E-state index contributed by atoms with van der Waals surface area (Å²) >= 11 is 0. The molecule has 0 amide bonds. The van der Waals surface area contributed by atoms with Crippen molar-refractivity contribution < 1.29 is 9.23 Å². The smallest absolute Gasteiger partial charge is 0.347 e. The zero-order chi connectivity index (χ0) is 15.1. The van der Waals surface area contributed by atoms with E-state index in [0.717, 1.165) is 11.8 Å². The molecular formula is C14H14FN5O. The van der Waals surface area contributed by atoms with E-state index in [1.807, 2.05) is 30.3 Å². The van der Waals surface area contributed by atoms with Crippen LogP contribution in [0.3, 0.4) is 0 Å². The molecular weight excluding hydrogens is 273 g/mol. The van der Waals surface area contributed by atoms with Crippen LogP contribution in [0.4, 0.5) is 10.2 Å². The fraction of sp³-hybridized carbons (Fsp3) is 0.143. The van der Waals surface area contributed by atoms with Gasteiger partial charge in [-0.3, -0.25) is 0 Å². The lowest BCUT2D eigenvalue weighted by atomic mass is 10.2. The van der Waals surface area contributed by atoms with Crippen LogP contribution in [0.1, 0.15) is 5.56 Å².